The molecule has 0 spiro atoms. The zero-order chi connectivity index (χ0) is 15.6. The molecule has 0 unspecified atom stereocenters. The summed E-state index contributed by atoms with van der Waals surface area (Å²) < 4.78 is 10.2. The van der Waals surface area contributed by atoms with E-state index in [1.807, 2.05) is 66.7 Å². The average Bonchev–Trinajstić information content (AvgIpc) is 2.58. The first-order valence-corrected chi connectivity index (χ1v) is 6.98. The van der Waals surface area contributed by atoms with Gasteiger partial charge in [-0.1, -0.05) is 48.5 Å². The molecule has 0 bridgehead atoms. The number of hydrogen-bond acceptors (Lipinski definition) is 3. The summed E-state index contributed by atoms with van der Waals surface area (Å²) in [5.41, 5.74) is 1.99. The van der Waals surface area contributed by atoms with Crippen LogP contribution in [-0.2, 0) is 9.53 Å². The van der Waals surface area contributed by atoms with Crippen molar-refractivity contribution in [1.29, 1.82) is 0 Å². The summed E-state index contributed by atoms with van der Waals surface area (Å²) in [6, 6.07) is 17.3. The van der Waals surface area contributed by atoms with Crippen LogP contribution in [-0.4, -0.2) is 19.7 Å². The molecular formula is C19H18O3. The molecule has 0 heterocycles. The van der Waals surface area contributed by atoms with Crippen LogP contribution in [0.5, 0.6) is 5.75 Å². The molecule has 0 aliphatic heterocycles. The fourth-order valence-corrected chi connectivity index (χ4v) is 1.81. The summed E-state index contributed by atoms with van der Waals surface area (Å²) in [7, 11) is 1.62. The normalized spacial score (nSPS) is 11.0. The summed E-state index contributed by atoms with van der Waals surface area (Å²) in [6.07, 6.45) is 6.86. The lowest BCUT2D eigenvalue weighted by Gasteiger charge is -1.99. The highest BCUT2D eigenvalue weighted by atomic mass is 16.5. The topological polar surface area (TPSA) is 35.5 Å². The molecule has 0 amide bonds. The van der Waals surface area contributed by atoms with E-state index in [9.17, 15) is 4.79 Å². The van der Waals surface area contributed by atoms with Crippen LogP contribution >= 0.6 is 0 Å². The molecule has 112 valence electrons. The number of carbonyl (C=O) groups is 1. The molecule has 3 heteroatoms. The van der Waals surface area contributed by atoms with Crippen LogP contribution in [0.3, 0.4) is 0 Å². The van der Waals surface area contributed by atoms with Crippen molar-refractivity contribution < 1.29 is 14.3 Å². The molecule has 0 N–H and O–H groups in total. The Morgan fingerprint density at radius 3 is 2.32 bits per heavy atom. The van der Waals surface area contributed by atoms with Gasteiger partial charge in [0.25, 0.3) is 0 Å². The highest BCUT2D eigenvalue weighted by Crippen LogP contribution is 2.12. The number of rotatable bonds is 6. The Labute approximate surface area is 130 Å². The summed E-state index contributed by atoms with van der Waals surface area (Å²) >= 11 is 0. The standard InChI is InChI=1S/C19H18O3/c1-21-18-12-9-17(10-13-18)11-14-19(20)22-15-5-8-16-6-3-2-4-7-16/h2-14H,15H2,1H3/b8-5+,14-11+. The van der Waals surface area contributed by atoms with Crippen LogP contribution in [0.1, 0.15) is 11.1 Å². The number of hydrogen-bond donors (Lipinski definition) is 0. The molecule has 0 aliphatic carbocycles. The highest BCUT2D eigenvalue weighted by molar-refractivity contribution is 5.87. The van der Waals surface area contributed by atoms with Crippen molar-refractivity contribution in [3.63, 3.8) is 0 Å². The molecule has 0 radical (unpaired) electrons. The maximum Gasteiger partial charge on any atom is 0.331 e. The van der Waals surface area contributed by atoms with E-state index in [-0.39, 0.29) is 12.6 Å². The average molecular weight is 294 g/mol. The first-order chi connectivity index (χ1) is 10.8. The van der Waals surface area contributed by atoms with Gasteiger partial charge < -0.3 is 9.47 Å². The maximum atomic E-state index is 11.6. The molecule has 0 aromatic heterocycles. The minimum atomic E-state index is -0.367. The number of carbonyl (C=O) groups excluding carboxylic acids is 1. The molecule has 3 nitrogen and oxygen atoms in total. The molecule has 0 saturated carbocycles. The third-order valence-corrected chi connectivity index (χ3v) is 2.96. The fraction of sp³-hybridized carbons (Fsp3) is 0.105. The summed E-state index contributed by atoms with van der Waals surface area (Å²) in [6.45, 7) is 0.251. The predicted octanol–water partition coefficient (Wildman–Crippen LogP) is 3.97. The van der Waals surface area contributed by atoms with Crippen LogP contribution in [0, 0.1) is 0 Å². The summed E-state index contributed by atoms with van der Waals surface area (Å²) in [5, 5.41) is 0. The lowest BCUT2D eigenvalue weighted by Crippen LogP contribution is -1.99. The van der Waals surface area contributed by atoms with Gasteiger partial charge in [0, 0.05) is 6.08 Å². The van der Waals surface area contributed by atoms with Gasteiger partial charge in [0.1, 0.15) is 12.4 Å². The van der Waals surface area contributed by atoms with Crippen molar-refractivity contribution in [2.75, 3.05) is 13.7 Å². The van der Waals surface area contributed by atoms with Gasteiger partial charge in [-0.2, -0.15) is 0 Å². The zero-order valence-electron chi connectivity index (χ0n) is 12.4. The van der Waals surface area contributed by atoms with E-state index in [1.54, 1.807) is 13.2 Å². The molecule has 2 aromatic carbocycles. The van der Waals surface area contributed by atoms with Gasteiger partial charge in [-0.25, -0.2) is 4.79 Å². The van der Waals surface area contributed by atoms with Gasteiger partial charge in [0.2, 0.25) is 0 Å². The molecular weight excluding hydrogens is 276 g/mol. The summed E-state index contributed by atoms with van der Waals surface area (Å²) in [4.78, 5) is 11.6. The van der Waals surface area contributed by atoms with E-state index in [0.717, 1.165) is 16.9 Å². The van der Waals surface area contributed by atoms with E-state index in [0.29, 0.717) is 0 Å². The second-order valence-electron chi connectivity index (χ2n) is 4.55. The lowest BCUT2D eigenvalue weighted by molar-refractivity contribution is -0.136. The van der Waals surface area contributed by atoms with Crippen LogP contribution in [0.2, 0.25) is 0 Å². The van der Waals surface area contributed by atoms with E-state index in [4.69, 9.17) is 9.47 Å². The smallest absolute Gasteiger partial charge is 0.331 e. The number of benzene rings is 2. The maximum absolute atomic E-state index is 11.6. The second-order valence-corrected chi connectivity index (χ2v) is 4.55. The third kappa shape index (κ3) is 5.29. The van der Waals surface area contributed by atoms with Gasteiger partial charge in [0.15, 0.2) is 0 Å². The van der Waals surface area contributed by atoms with E-state index < -0.39 is 0 Å². The first-order valence-electron chi connectivity index (χ1n) is 6.98. The van der Waals surface area contributed by atoms with Gasteiger partial charge in [0.05, 0.1) is 7.11 Å². The SMILES string of the molecule is COc1ccc(/C=C/C(=O)OC/C=C/c2ccccc2)cc1. The van der Waals surface area contributed by atoms with Crippen molar-refractivity contribution in [2.45, 2.75) is 0 Å². The Hall–Kier alpha value is -2.81. The first kappa shape index (κ1) is 15.6. The van der Waals surface area contributed by atoms with Gasteiger partial charge >= 0.3 is 5.97 Å². The zero-order valence-corrected chi connectivity index (χ0v) is 12.4. The third-order valence-electron chi connectivity index (χ3n) is 2.96. The lowest BCUT2D eigenvalue weighted by atomic mass is 10.2. The largest absolute Gasteiger partial charge is 0.497 e. The molecule has 0 fully saturated rings. The van der Waals surface area contributed by atoms with E-state index in [2.05, 4.69) is 0 Å². The Balaban J connectivity index is 1.77. The van der Waals surface area contributed by atoms with Gasteiger partial charge in [-0.3, -0.25) is 0 Å². The minimum absolute atomic E-state index is 0.251. The fourth-order valence-electron chi connectivity index (χ4n) is 1.81. The van der Waals surface area contributed by atoms with Crippen molar-refractivity contribution in [3.8, 4) is 5.75 Å². The van der Waals surface area contributed by atoms with Crippen molar-refractivity contribution >= 4 is 18.1 Å². The number of esters is 1. The van der Waals surface area contributed by atoms with Crippen LogP contribution in [0.15, 0.2) is 66.7 Å². The summed E-state index contributed by atoms with van der Waals surface area (Å²) in [5.74, 6) is 0.416. The highest BCUT2D eigenvalue weighted by Gasteiger charge is 1.95. The van der Waals surface area contributed by atoms with Crippen LogP contribution in [0.4, 0.5) is 0 Å². The molecule has 0 aliphatic rings. The molecule has 22 heavy (non-hydrogen) atoms. The predicted molar refractivity (Wildman–Crippen MR) is 88.5 cm³/mol. The molecule has 2 rings (SSSR count). The number of methoxy groups -OCH3 is 1. The second kappa shape index (κ2) is 8.47. The van der Waals surface area contributed by atoms with Crippen LogP contribution in [0.25, 0.3) is 12.2 Å². The molecule has 0 saturated heterocycles. The number of ether oxygens (including phenoxy) is 2. The van der Waals surface area contributed by atoms with Gasteiger partial charge in [-0.15, -0.1) is 0 Å². The monoisotopic (exact) mass is 294 g/mol. The van der Waals surface area contributed by atoms with Crippen LogP contribution < -0.4 is 4.74 Å². The van der Waals surface area contributed by atoms with E-state index >= 15 is 0 Å². The van der Waals surface area contributed by atoms with Crippen molar-refractivity contribution in [2.24, 2.45) is 0 Å². The molecule has 2 aromatic rings. The van der Waals surface area contributed by atoms with E-state index in [1.165, 1.54) is 6.08 Å². The Morgan fingerprint density at radius 2 is 1.64 bits per heavy atom. The van der Waals surface area contributed by atoms with Crippen molar-refractivity contribution in [3.05, 3.63) is 77.9 Å². The van der Waals surface area contributed by atoms with Crippen molar-refractivity contribution in [1.82, 2.24) is 0 Å². The van der Waals surface area contributed by atoms with Gasteiger partial charge in [-0.05, 0) is 35.4 Å². The Bertz CT molecular complexity index is 640. The minimum Gasteiger partial charge on any atom is -0.497 e. The quantitative estimate of drug-likeness (QED) is 0.597. The molecule has 0 atom stereocenters. The Kier molecular flexibility index (Phi) is 6.00. The Morgan fingerprint density at radius 1 is 0.955 bits per heavy atom.